The van der Waals surface area contributed by atoms with Crippen LogP contribution >= 0.6 is 11.3 Å². The van der Waals surface area contributed by atoms with Crippen molar-refractivity contribution < 1.29 is 4.79 Å². The fraction of sp³-hybridized carbons (Fsp3) is 0.261. The van der Waals surface area contributed by atoms with Crippen LogP contribution in [0.1, 0.15) is 31.4 Å². The van der Waals surface area contributed by atoms with Crippen LogP contribution in [0, 0.1) is 0 Å². The highest BCUT2D eigenvalue weighted by Crippen LogP contribution is 2.36. The minimum Gasteiger partial charge on any atom is -0.280 e. The van der Waals surface area contributed by atoms with Gasteiger partial charge in [-0.15, -0.1) is 11.3 Å². The predicted molar refractivity (Wildman–Crippen MR) is 118 cm³/mol. The molecule has 0 spiro atoms. The Balaban J connectivity index is 1.72. The normalized spacial score (nSPS) is 16.1. The van der Waals surface area contributed by atoms with Crippen molar-refractivity contribution >= 4 is 43.5 Å². The summed E-state index contributed by atoms with van der Waals surface area (Å²) in [5, 5.41) is 0.974. The first kappa shape index (κ1) is 18.1. The summed E-state index contributed by atoms with van der Waals surface area (Å²) >= 11 is 1.46. The van der Waals surface area contributed by atoms with Crippen LogP contribution in [0.4, 0.5) is 5.95 Å². The van der Waals surface area contributed by atoms with Crippen LogP contribution in [-0.2, 0) is 11.2 Å². The molecule has 6 heteroatoms. The molecule has 2 aromatic heterocycles. The lowest BCUT2D eigenvalue weighted by molar-refractivity contribution is -0.120. The molecule has 5 rings (SSSR count). The zero-order chi connectivity index (χ0) is 20.0. The minimum atomic E-state index is -0.543. The van der Waals surface area contributed by atoms with Crippen molar-refractivity contribution in [3.63, 3.8) is 0 Å². The van der Waals surface area contributed by atoms with Gasteiger partial charge in [0.15, 0.2) is 0 Å². The molecule has 0 fully saturated rings. The summed E-state index contributed by atoms with van der Waals surface area (Å²) in [6.07, 6.45) is 2.34. The highest BCUT2D eigenvalue weighted by atomic mass is 32.1. The number of benzene rings is 2. The Labute approximate surface area is 172 Å². The van der Waals surface area contributed by atoms with E-state index in [1.165, 1.54) is 11.3 Å². The van der Waals surface area contributed by atoms with E-state index in [9.17, 15) is 9.59 Å². The Hall–Kier alpha value is -2.99. The van der Waals surface area contributed by atoms with E-state index in [1.807, 2.05) is 54.6 Å². The summed E-state index contributed by atoms with van der Waals surface area (Å²) in [7, 11) is 0. The number of thiophene rings is 1. The second-order valence-corrected chi connectivity index (χ2v) is 8.46. The van der Waals surface area contributed by atoms with E-state index >= 15 is 0 Å². The van der Waals surface area contributed by atoms with Crippen LogP contribution in [0.5, 0.6) is 0 Å². The molecule has 1 aliphatic rings. The van der Waals surface area contributed by atoms with Gasteiger partial charge in [-0.3, -0.25) is 19.1 Å². The first-order valence-electron chi connectivity index (χ1n) is 9.98. The van der Waals surface area contributed by atoms with Crippen molar-refractivity contribution in [1.82, 2.24) is 9.55 Å². The van der Waals surface area contributed by atoms with Crippen LogP contribution in [0.2, 0.25) is 0 Å². The maximum Gasteiger partial charge on any atom is 0.273 e. The molecule has 29 heavy (non-hydrogen) atoms. The molecule has 1 aliphatic heterocycles. The second-order valence-electron chi connectivity index (χ2n) is 7.41. The van der Waals surface area contributed by atoms with E-state index in [1.54, 1.807) is 9.47 Å². The van der Waals surface area contributed by atoms with Gasteiger partial charge in [0, 0.05) is 23.1 Å². The number of fused-ring (bicyclic) bond motifs is 4. The summed E-state index contributed by atoms with van der Waals surface area (Å²) in [6.45, 7) is 2.68. The summed E-state index contributed by atoms with van der Waals surface area (Å²) in [6, 6.07) is 17.3. The van der Waals surface area contributed by atoms with Gasteiger partial charge < -0.3 is 0 Å². The van der Waals surface area contributed by atoms with Crippen molar-refractivity contribution in [2.24, 2.45) is 0 Å². The van der Waals surface area contributed by atoms with Crippen molar-refractivity contribution in [3.05, 3.63) is 70.5 Å². The van der Waals surface area contributed by atoms with Gasteiger partial charge in [0.2, 0.25) is 5.95 Å². The Kier molecular flexibility index (Phi) is 4.43. The first-order valence-corrected chi connectivity index (χ1v) is 10.8. The smallest absolute Gasteiger partial charge is 0.273 e. The van der Waals surface area contributed by atoms with E-state index in [4.69, 9.17) is 4.98 Å². The summed E-state index contributed by atoms with van der Waals surface area (Å²) in [5.74, 6) is 0.458. The maximum atomic E-state index is 13.5. The molecule has 4 aromatic rings. The summed E-state index contributed by atoms with van der Waals surface area (Å²) in [4.78, 5) is 33.4. The van der Waals surface area contributed by atoms with Gasteiger partial charge in [0.05, 0.1) is 5.52 Å². The largest absolute Gasteiger partial charge is 0.280 e. The van der Waals surface area contributed by atoms with Gasteiger partial charge in [-0.2, -0.15) is 0 Å². The quantitative estimate of drug-likeness (QED) is 0.491. The molecular formula is C23H21N3O2S. The molecule has 1 atom stereocenters. The standard InChI is InChI=1S/C23H21N3O2S/c1-2-3-13-25-21(27)17(14-15-9-5-4-6-10-15)26-22(28)20-19(24-23(25)26)16-11-7-8-12-18(16)29-20/h4-12,17H,2-3,13-14H2,1H3. The molecular weight excluding hydrogens is 382 g/mol. The Morgan fingerprint density at radius 3 is 2.59 bits per heavy atom. The van der Waals surface area contributed by atoms with Crippen LogP contribution in [-0.4, -0.2) is 22.0 Å². The molecule has 0 N–H and O–H groups in total. The third-order valence-electron chi connectivity index (χ3n) is 5.52. The lowest BCUT2D eigenvalue weighted by atomic mass is 10.1. The van der Waals surface area contributed by atoms with Gasteiger partial charge in [0.25, 0.3) is 11.5 Å². The lowest BCUT2D eigenvalue weighted by Crippen LogP contribution is -2.31. The number of rotatable bonds is 5. The Morgan fingerprint density at radius 2 is 1.79 bits per heavy atom. The fourth-order valence-corrected chi connectivity index (χ4v) is 5.12. The van der Waals surface area contributed by atoms with Crippen molar-refractivity contribution in [2.75, 3.05) is 11.4 Å². The van der Waals surface area contributed by atoms with E-state index < -0.39 is 6.04 Å². The molecule has 146 valence electrons. The van der Waals surface area contributed by atoms with Gasteiger partial charge in [-0.25, -0.2) is 4.98 Å². The van der Waals surface area contributed by atoms with Crippen molar-refractivity contribution in [2.45, 2.75) is 32.2 Å². The van der Waals surface area contributed by atoms with Gasteiger partial charge in [0.1, 0.15) is 10.7 Å². The molecule has 0 aliphatic carbocycles. The molecule has 0 radical (unpaired) electrons. The number of hydrogen-bond donors (Lipinski definition) is 0. The monoisotopic (exact) mass is 403 g/mol. The molecule has 3 heterocycles. The number of amides is 1. The van der Waals surface area contributed by atoms with Gasteiger partial charge >= 0.3 is 0 Å². The Morgan fingerprint density at radius 1 is 1.03 bits per heavy atom. The maximum absolute atomic E-state index is 13.5. The van der Waals surface area contributed by atoms with Crippen molar-refractivity contribution in [1.29, 1.82) is 0 Å². The highest BCUT2D eigenvalue weighted by Gasteiger charge is 2.39. The third-order valence-corrected chi connectivity index (χ3v) is 6.67. The number of unbranched alkanes of at least 4 members (excludes halogenated alkanes) is 1. The summed E-state index contributed by atoms with van der Waals surface area (Å²) < 4.78 is 3.29. The number of anilines is 1. The van der Waals surface area contributed by atoms with Crippen molar-refractivity contribution in [3.8, 4) is 0 Å². The molecule has 0 bridgehead atoms. The third kappa shape index (κ3) is 2.86. The highest BCUT2D eigenvalue weighted by molar-refractivity contribution is 7.25. The van der Waals surface area contributed by atoms with E-state index in [-0.39, 0.29) is 11.5 Å². The van der Waals surface area contributed by atoms with Crippen LogP contribution in [0.25, 0.3) is 20.3 Å². The lowest BCUT2D eigenvalue weighted by Gasteiger charge is -2.14. The Bertz CT molecular complexity index is 1280. The molecule has 2 aromatic carbocycles. The molecule has 0 saturated heterocycles. The number of hydrogen-bond acceptors (Lipinski definition) is 4. The van der Waals surface area contributed by atoms with E-state index in [0.717, 1.165) is 28.5 Å². The van der Waals surface area contributed by atoms with E-state index in [2.05, 4.69) is 6.92 Å². The van der Waals surface area contributed by atoms with Gasteiger partial charge in [-0.05, 0) is 18.1 Å². The predicted octanol–water partition coefficient (Wildman–Crippen LogP) is 4.54. The SMILES string of the molecule is CCCCN1C(=O)C(Cc2ccccc2)n2c1nc1c(sc3ccccc31)c2=O. The zero-order valence-corrected chi connectivity index (χ0v) is 17.0. The number of nitrogens with zero attached hydrogens (tertiary/aromatic N) is 3. The number of aromatic nitrogens is 2. The average Bonchev–Trinajstić information content (AvgIpc) is 3.24. The topological polar surface area (TPSA) is 55.2 Å². The fourth-order valence-electron chi connectivity index (χ4n) is 4.04. The zero-order valence-electron chi connectivity index (χ0n) is 16.2. The molecule has 1 unspecified atom stereocenters. The van der Waals surface area contributed by atoms with Crippen LogP contribution in [0.15, 0.2) is 59.4 Å². The van der Waals surface area contributed by atoms with Gasteiger partial charge in [-0.1, -0.05) is 61.9 Å². The molecule has 5 nitrogen and oxygen atoms in total. The minimum absolute atomic E-state index is 0.0335. The number of carbonyl (C=O) groups excluding carboxylic acids is 1. The van der Waals surface area contributed by atoms with Crippen LogP contribution < -0.4 is 10.5 Å². The van der Waals surface area contributed by atoms with E-state index in [0.29, 0.717) is 29.1 Å². The number of carbonyl (C=O) groups is 1. The molecule has 1 amide bonds. The average molecular weight is 404 g/mol. The molecule has 0 saturated carbocycles. The summed E-state index contributed by atoms with van der Waals surface area (Å²) in [5.41, 5.74) is 1.63. The first-order chi connectivity index (χ1) is 14.2. The van der Waals surface area contributed by atoms with Crippen LogP contribution in [0.3, 0.4) is 0 Å². The second kappa shape index (κ2) is 7.12.